The highest BCUT2D eigenvalue weighted by atomic mass is 32.1. The van der Waals surface area contributed by atoms with Gasteiger partial charge in [0.25, 0.3) is 0 Å². The van der Waals surface area contributed by atoms with E-state index in [2.05, 4.69) is 4.98 Å². The number of nitrogens with zero attached hydrogens (tertiary/aromatic N) is 2. The summed E-state index contributed by atoms with van der Waals surface area (Å²) in [5.74, 6) is -0.793. The van der Waals surface area contributed by atoms with Crippen LogP contribution in [-0.4, -0.2) is 22.8 Å². The third kappa shape index (κ3) is 3.40. The van der Waals surface area contributed by atoms with Crippen molar-refractivity contribution >= 4 is 17.2 Å². The van der Waals surface area contributed by atoms with E-state index in [0.717, 1.165) is 9.88 Å². The van der Waals surface area contributed by atoms with Crippen LogP contribution in [0.2, 0.25) is 0 Å². The molecule has 0 aliphatic rings. The number of rotatable bonds is 5. The number of carbonyl (C=O) groups excluding carboxylic acids is 1. The van der Waals surface area contributed by atoms with Gasteiger partial charge in [0, 0.05) is 17.6 Å². The predicted octanol–water partition coefficient (Wildman–Crippen LogP) is 2.25. The van der Waals surface area contributed by atoms with Gasteiger partial charge >= 0.3 is 0 Å². The molecule has 1 heterocycles. The summed E-state index contributed by atoms with van der Waals surface area (Å²) in [6.07, 6.45) is 1.79. The minimum absolute atomic E-state index is 0.335. The molecule has 0 spiro atoms. The molecule has 20 heavy (non-hydrogen) atoms. The summed E-state index contributed by atoms with van der Waals surface area (Å²) in [5.41, 5.74) is 6.16. The first kappa shape index (κ1) is 14.6. The fraction of sp³-hybridized carbons (Fsp3) is 0.286. The lowest BCUT2D eigenvalue weighted by molar-refractivity contribution is -0.123. The van der Waals surface area contributed by atoms with E-state index in [-0.39, 0.29) is 5.82 Å². The molecule has 0 unspecified atom stereocenters. The third-order valence-electron chi connectivity index (χ3n) is 2.97. The van der Waals surface area contributed by atoms with Crippen molar-refractivity contribution < 1.29 is 9.18 Å². The summed E-state index contributed by atoms with van der Waals surface area (Å²) in [5, 5.41) is 0.978. The average Bonchev–Trinajstić information content (AvgIpc) is 2.77. The second kappa shape index (κ2) is 6.11. The van der Waals surface area contributed by atoms with Crippen LogP contribution in [0.25, 0.3) is 0 Å². The van der Waals surface area contributed by atoms with Crippen molar-refractivity contribution in [2.24, 2.45) is 5.73 Å². The predicted molar refractivity (Wildman–Crippen MR) is 76.7 cm³/mol. The Morgan fingerprint density at radius 1 is 1.45 bits per heavy atom. The normalized spacial score (nSPS) is 12.6. The van der Waals surface area contributed by atoms with Gasteiger partial charge in [-0.2, -0.15) is 0 Å². The van der Waals surface area contributed by atoms with Crippen molar-refractivity contribution in [3.8, 4) is 0 Å². The van der Waals surface area contributed by atoms with Crippen LogP contribution in [-0.2, 0) is 11.3 Å². The van der Waals surface area contributed by atoms with Gasteiger partial charge in [-0.15, -0.1) is 11.3 Å². The van der Waals surface area contributed by atoms with Gasteiger partial charge in [-0.25, -0.2) is 9.37 Å². The Balaban J connectivity index is 2.19. The maximum absolute atomic E-state index is 13.0. The number of thiazole rings is 1. The molecule has 2 rings (SSSR count). The van der Waals surface area contributed by atoms with Crippen LogP contribution in [0.15, 0.2) is 30.5 Å². The molecule has 0 aliphatic carbocycles. The van der Waals surface area contributed by atoms with E-state index in [1.54, 1.807) is 29.7 Å². The van der Waals surface area contributed by atoms with Crippen molar-refractivity contribution in [3.63, 3.8) is 0 Å². The zero-order chi connectivity index (χ0) is 14.7. The van der Waals surface area contributed by atoms with Crippen molar-refractivity contribution in [3.05, 3.63) is 51.7 Å². The highest BCUT2D eigenvalue weighted by Gasteiger charge is 2.23. The van der Waals surface area contributed by atoms with Crippen LogP contribution in [0.3, 0.4) is 0 Å². The zero-order valence-corrected chi connectivity index (χ0v) is 12.2. The Bertz CT molecular complexity index is 597. The molecule has 0 fully saturated rings. The van der Waals surface area contributed by atoms with E-state index in [4.69, 9.17) is 5.73 Å². The van der Waals surface area contributed by atoms with Crippen molar-refractivity contribution in [2.45, 2.75) is 19.5 Å². The van der Waals surface area contributed by atoms with Gasteiger partial charge < -0.3 is 5.73 Å². The molecule has 6 heteroatoms. The molecular weight excluding hydrogens is 277 g/mol. The Kier molecular flexibility index (Phi) is 4.46. The molecule has 0 bridgehead atoms. The number of aromatic nitrogens is 1. The van der Waals surface area contributed by atoms with Crippen LogP contribution in [0.4, 0.5) is 4.39 Å². The molecule has 4 nitrogen and oxygen atoms in total. The molecule has 2 N–H and O–H groups in total. The fourth-order valence-corrected chi connectivity index (χ4v) is 2.95. The average molecular weight is 293 g/mol. The number of carbonyl (C=O) groups is 1. The number of halogens is 1. The van der Waals surface area contributed by atoms with E-state index in [9.17, 15) is 9.18 Å². The maximum atomic E-state index is 13.0. The Labute approximate surface area is 121 Å². The van der Waals surface area contributed by atoms with Crippen LogP contribution < -0.4 is 5.73 Å². The molecule has 0 radical (unpaired) electrons. The van der Waals surface area contributed by atoms with Gasteiger partial charge in [-0.05, 0) is 31.7 Å². The zero-order valence-electron chi connectivity index (χ0n) is 11.3. The number of likely N-dealkylation sites (N-methyl/N-ethyl adjacent to an activating group) is 1. The van der Waals surface area contributed by atoms with Crippen molar-refractivity contribution in [1.29, 1.82) is 0 Å². The van der Waals surface area contributed by atoms with E-state index >= 15 is 0 Å². The Morgan fingerprint density at radius 2 is 2.10 bits per heavy atom. The van der Waals surface area contributed by atoms with Crippen LogP contribution in [0.1, 0.15) is 21.5 Å². The molecule has 1 atom stereocenters. The molecule has 0 aliphatic heterocycles. The summed E-state index contributed by atoms with van der Waals surface area (Å²) >= 11 is 1.58. The largest absolute Gasteiger partial charge is 0.368 e. The van der Waals surface area contributed by atoms with Gasteiger partial charge in [0.05, 0.1) is 5.01 Å². The summed E-state index contributed by atoms with van der Waals surface area (Å²) in [6, 6.07) is 5.24. The lowest BCUT2D eigenvalue weighted by Gasteiger charge is -2.25. The number of hydrogen-bond acceptors (Lipinski definition) is 4. The SMILES string of the molecule is Cc1ncc(CN(C)[C@@H](C(N)=O)c2ccc(F)cc2)s1. The summed E-state index contributed by atoms with van der Waals surface area (Å²) in [4.78, 5) is 18.8. The van der Waals surface area contributed by atoms with Crippen LogP contribution >= 0.6 is 11.3 Å². The Hall–Kier alpha value is -1.79. The van der Waals surface area contributed by atoms with E-state index in [1.165, 1.54) is 12.1 Å². The maximum Gasteiger partial charge on any atom is 0.239 e. The second-order valence-corrected chi connectivity index (χ2v) is 5.94. The second-order valence-electron chi connectivity index (χ2n) is 4.62. The van der Waals surface area contributed by atoms with Gasteiger partial charge in [-0.1, -0.05) is 12.1 Å². The first-order valence-corrected chi connectivity index (χ1v) is 6.95. The number of amides is 1. The minimum Gasteiger partial charge on any atom is -0.368 e. The van der Waals surface area contributed by atoms with Crippen molar-refractivity contribution in [1.82, 2.24) is 9.88 Å². The molecule has 106 valence electrons. The first-order chi connectivity index (χ1) is 9.47. The lowest BCUT2D eigenvalue weighted by atomic mass is 10.1. The van der Waals surface area contributed by atoms with E-state index in [0.29, 0.717) is 12.1 Å². The molecule has 0 saturated heterocycles. The molecule has 1 amide bonds. The molecule has 2 aromatic rings. The quantitative estimate of drug-likeness (QED) is 0.920. The van der Waals surface area contributed by atoms with Gasteiger partial charge in [0.2, 0.25) is 5.91 Å². The summed E-state index contributed by atoms with van der Waals surface area (Å²) < 4.78 is 13.0. The third-order valence-corrected chi connectivity index (χ3v) is 3.87. The molecule has 1 aromatic heterocycles. The first-order valence-electron chi connectivity index (χ1n) is 6.13. The number of hydrogen-bond donors (Lipinski definition) is 1. The number of nitrogens with two attached hydrogens (primary N) is 1. The fourth-order valence-electron chi connectivity index (χ4n) is 2.10. The summed E-state index contributed by atoms with van der Waals surface area (Å²) in [7, 11) is 1.81. The van der Waals surface area contributed by atoms with Crippen molar-refractivity contribution in [2.75, 3.05) is 7.05 Å². The molecule has 0 saturated carbocycles. The highest BCUT2D eigenvalue weighted by molar-refractivity contribution is 7.11. The minimum atomic E-state index is -0.585. The topological polar surface area (TPSA) is 59.2 Å². The van der Waals surface area contributed by atoms with E-state index < -0.39 is 11.9 Å². The van der Waals surface area contributed by atoms with E-state index in [1.807, 2.05) is 18.9 Å². The smallest absolute Gasteiger partial charge is 0.239 e. The highest BCUT2D eigenvalue weighted by Crippen LogP contribution is 2.23. The standard InChI is InChI=1S/C14H16FN3OS/c1-9-17-7-12(20-9)8-18(2)13(14(16)19)10-3-5-11(15)6-4-10/h3-7,13H,8H2,1-2H3,(H2,16,19)/t13-/m1/s1. The summed E-state index contributed by atoms with van der Waals surface area (Å²) in [6.45, 7) is 2.50. The number of primary amides is 1. The lowest BCUT2D eigenvalue weighted by Crippen LogP contribution is -2.34. The van der Waals surface area contributed by atoms with Gasteiger partial charge in [0.15, 0.2) is 0 Å². The molecule has 1 aromatic carbocycles. The van der Waals surface area contributed by atoms with Gasteiger partial charge in [-0.3, -0.25) is 9.69 Å². The van der Waals surface area contributed by atoms with Crippen LogP contribution in [0, 0.1) is 12.7 Å². The van der Waals surface area contributed by atoms with Crippen LogP contribution in [0.5, 0.6) is 0 Å². The Morgan fingerprint density at radius 3 is 2.60 bits per heavy atom. The number of benzene rings is 1. The monoisotopic (exact) mass is 293 g/mol. The molecular formula is C14H16FN3OS. The number of aryl methyl sites for hydroxylation is 1. The van der Waals surface area contributed by atoms with Gasteiger partial charge in [0.1, 0.15) is 11.9 Å².